The first kappa shape index (κ1) is 9.72. The molecule has 1 nitrogen and oxygen atoms in total. The maximum atomic E-state index is 3.95. The van der Waals surface area contributed by atoms with Crippen molar-refractivity contribution in [3.8, 4) is 0 Å². The average Bonchev–Trinajstić information content (AvgIpc) is 2.15. The van der Waals surface area contributed by atoms with Gasteiger partial charge in [-0.05, 0) is 24.3 Å². The highest BCUT2D eigenvalue weighted by atomic mass is 14.7. The van der Waals surface area contributed by atoms with E-state index in [-0.39, 0.29) is 0 Å². The van der Waals surface area contributed by atoms with Gasteiger partial charge in [-0.25, -0.2) is 0 Å². The van der Waals surface area contributed by atoms with Crippen LogP contribution in [0, 0.1) is 5.92 Å². The fourth-order valence-electron chi connectivity index (χ4n) is 1.07. The van der Waals surface area contributed by atoms with Gasteiger partial charge in [-0.1, -0.05) is 44.2 Å². The van der Waals surface area contributed by atoms with Crippen molar-refractivity contribution in [1.82, 2.24) is 0 Å². The number of nitrogens with zero attached hydrogens (tertiary/aromatic N) is 1. The third kappa shape index (κ3) is 2.86. The van der Waals surface area contributed by atoms with Crippen molar-refractivity contribution in [3.05, 3.63) is 35.9 Å². The lowest BCUT2D eigenvalue weighted by Crippen LogP contribution is -1.78. The fourth-order valence-corrected chi connectivity index (χ4v) is 1.07. The second kappa shape index (κ2) is 4.61. The fraction of sp³-hybridized carbons (Fsp3) is 0.250. The van der Waals surface area contributed by atoms with Gasteiger partial charge >= 0.3 is 0 Å². The molecule has 0 spiro atoms. The van der Waals surface area contributed by atoms with Crippen molar-refractivity contribution in [3.63, 3.8) is 0 Å². The average molecular weight is 173 g/mol. The van der Waals surface area contributed by atoms with Crippen LogP contribution < -0.4 is 0 Å². The molecule has 0 aliphatic heterocycles. The molecule has 0 aliphatic rings. The van der Waals surface area contributed by atoms with Crippen LogP contribution >= 0.6 is 0 Å². The zero-order valence-corrected chi connectivity index (χ0v) is 8.20. The van der Waals surface area contributed by atoms with Crippen LogP contribution in [-0.4, -0.2) is 6.72 Å². The summed E-state index contributed by atoms with van der Waals surface area (Å²) in [5.41, 5.74) is 2.07. The number of hydrogen-bond donors (Lipinski definition) is 0. The molecule has 0 radical (unpaired) electrons. The summed E-state index contributed by atoms with van der Waals surface area (Å²) in [6.07, 6.45) is 4.25. The molecule has 0 aliphatic carbocycles. The third-order valence-corrected chi connectivity index (χ3v) is 1.77. The Hall–Kier alpha value is -1.37. The highest BCUT2D eigenvalue weighted by molar-refractivity contribution is 5.65. The van der Waals surface area contributed by atoms with Crippen molar-refractivity contribution in [1.29, 1.82) is 0 Å². The first-order valence-electron chi connectivity index (χ1n) is 4.48. The Kier molecular flexibility index (Phi) is 3.44. The summed E-state index contributed by atoms with van der Waals surface area (Å²) in [6, 6.07) is 7.99. The monoisotopic (exact) mass is 173 g/mol. The second-order valence-electron chi connectivity index (χ2n) is 3.32. The molecular weight excluding hydrogens is 158 g/mol. The summed E-state index contributed by atoms with van der Waals surface area (Å²) in [5.74, 6) is 0.567. The van der Waals surface area contributed by atoms with Gasteiger partial charge in [0.1, 0.15) is 0 Å². The number of allylic oxidation sites excluding steroid dienone is 1. The molecule has 68 valence electrons. The van der Waals surface area contributed by atoms with Crippen LogP contribution in [0.5, 0.6) is 0 Å². The molecule has 1 rings (SSSR count). The molecule has 0 saturated carbocycles. The molecule has 1 aromatic rings. The molecular formula is C12H15N. The normalized spacial score (nSPS) is 11.0. The first-order valence-corrected chi connectivity index (χ1v) is 4.48. The van der Waals surface area contributed by atoms with Crippen LogP contribution in [0.15, 0.2) is 35.3 Å². The predicted octanol–water partition coefficient (Wildman–Crippen LogP) is 3.69. The molecule has 0 N–H and O–H groups in total. The predicted molar refractivity (Wildman–Crippen MR) is 59.5 cm³/mol. The van der Waals surface area contributed by atoms with Crippen molar-refractivity contribution >= 4 is 18.5 Å². The lowest BCUT2D eigenvalue weighted by molar-refractivity contribution is 0.836. The minimum Gasteiger partial charge on any atom is -0.264 e. The van der Waals surface area contributed by atoms with Gasteiger partial charge in [0.15, 0.2) is 0 Å². The van der Waals surface area contributed by atoms with E-state index in [4.69, 9.17) is 0 Å². The minimum absolute atomic E-state index is 0.567. The van der Waals surface area contributed by atoms with E-state index in [9.17, 15) is 0 Å². The molecule has 0 heterocycles. The van der Waals surface area contributed by atoms with E-state index in [2.05, 4.69) is 37.7 Å². The van der Waals surface area contributed by atoms with E-state index >= 15 is 0 Å². The third-order valence-electron chi connectivity index (χ3n) is 1.77. The van der Waals surface area contributed by atoms with E-state index in [1.807, 2.05) is 24.3 Å². The number of hydrogen-bond acceptors (Lipinski definition) is 1. The van der Waals surface area contributed by atoms with Crippen molar-refractivity contribution in [2.45, 2.75) is 13.8 Å². The highest BCUT2D eigenvalue weighted by Crippen LogP contribution is 2.19. The van der Waals surface area contributed by atoms with Crippen LogP contribution in [0.4, 0.5) is 5.69 Å². The molecule has 0 atom stereocenters. The Morgan fingerprint density at radius 3 is 2.62 bits per heavy atom. The Morgan fingerprint density at radius 1 is 1.31 bits per heavy atom. The minimum atomic E-state index is 0.567. The summed E-state index contributed by atoms with van der Waals surface area (Å²) in [4.78, 5) is 3.95. The van der Waals surface area contributed by atoms with Crippen LogP contribution in [0.1, 0.15) is 19.4 Å². The highest BCUT2D eigenvalue weighted by Gasteiger charge is 1.94. The lowest BCUT2D eigenvalue weighted by atomic mass is 10.1. The van der Waals surface area contributed by atoms with Crippen molar-refractivity contribution < 1.29 is 0 Å². The van der Waals surface area contributed by atoms with Crippen LogP contribution in [0.25, 0.3) is 6.08 Å². The van der Waals surface area contributed by atoms with Gasteiger partial charge in [-0.3, -0.25) is 4.99 Å². The van der Waals surface area contributed by atoms with E-state index in [1.165, 1.54) is 0 Å². The zero-order chi connectivity index (χ0) is 9.68. The van der Waals surface area contributed by atoms with E-state index in [0.29, 0.717) is 5.92 Å². The Labute approximate surface area is 79.8 Å². The summed E-state index contributed by atoms with van der Waals surface area (Å²) >= 11 is 0. The lowest BCUT2D eigenvalue weighted by Gasteiger charge is -1.99. The van der Waals surface area contributed by atoms with Gasteiger partial charge in [0.2, 0.25) is 0 Å². The van der Waals surface area contributed by atoms with Gasteiger partial charge in [0.25, 0.3) is 0 Å². The molecule has 0 bridgehead atoms. The van der Waals surface area contributed by atoms with Crippen molar-refractivity contribution in [2.24, 2.45) is 10.9 Å². The molecule has 1 aromatic carbocycles. The smallest absolute Gasteiger partial charge is 0.0694 e. The molecule has 13 heavy (non-hydrogen) atoms. The van der Waals surface area contributed by atoms with Crippen LogP contribution in [0.3, 0.4) is 0 Å². The maximum Gasteiger partial charge on any atom is 0.0694 e. The molecule has 0 aromatic heterocycles. The number of rotatable bonds is 3. The Balaban J connectivity index is 2.93. The number of para-hydroxylation sites is 1. The van der Waals surface area contributed by atoms with E-state index in [1.54, 1.807) is 0 Å². The van der Waals surface area contributed by atoms with Gasteiger partial charge in [0, 0.05) is 0 Å². The van der Waals surface area contributed by atoms with Gasteiger partial charge in [0.05, 0.1) is 5.69 Å². The standard InChI is InChI=1S/C12H15N/c1-10(2)8-9-11-6-4-5-7-12(11)13-3/h4-10H,3H2,1-2H3/b9-8-. The van der Waals surface area contributed by atoms with E-state index in [0.717, 1.165) is 11.3 Å². The summed E-state index contributed by atoms with van der Waals surface area (Å²) in [6.45, 7) is 7.84. The molecule has 0 amide bonds. The van der Waals surface area contributed by atoms with Crippen LogP contribution in [0.2, 0.25) is 0 Å². The maximum absolute atomic E-state index is 3.95. The number of benzene rings is 1. The number of aliphatic imine (C=N–C) groups is 1. The molecule has 1 heteroatoms. The SMILES string of the molecule is C=Nc1ccccc1/C=C\C(C)C. The van der Waals surface area contributed by atoms with E-state index < -0.39 is 0 Å². The zero-order valence-electron chi connectivity index (χ0n) is 8.20. The first-order chi connectivity index (χ1) is 6.24. The Bertz CT molecular complexity index is 311. The largest absolute Gasteiger partial charge is 0.264 e. The molecule has 0 unspecified atom stereocenters. The van der Waals surface area contributed by atoms with Gasteiger partial charge in [-0.2, -0.15) is 0 Å². The summed E-state index contributed by atoms with van der Waals surface area (Å²) < 4.78 is 0. The van der Waals surface area contributed by atoms with Gasteiger partial charge in [-0.15, -0.1) is 0 Å². The van der Waals surface area contributed by atoms with Crippen molar-refractivity contribution in [2.75, 3.05) is 0 Å². The Morgan fingerprint density at radius 2 is 2.00 bits per heavy atom. The molecule has 0 fully saturated rings. The summed E-state index contributed by atoms with van der Waals surface area (Å²) in [5, 5.41) is 0. The topological polar surface area (TPSA) is 12.4 Å². The molecule has 0 saturated heterocycles. The second-order valence-corrected chi connectivity index (χ2v) is 3.32. The van der Waals surface area contributed by atoms with Gasteiger partial charge < -0.3 is 0 Å². The summed E-state index contributed by atoms with van der Waals surface area (Å²) in [7, 11) is 0. The quantitative estimate of drug-likeness (QED) is 0.618. The van der Waals surface area contributed by atoms with Crippen LogP contribution in [-0.2, 0) is 0 Å².